The number of alkyl halides is 6. The van der Waals surface area contributed by atoms with Crippen LogP contribution < -0.4 is 9.80 Å². The largest absolute Gasteiger partial charge is 0.457 e. The van der Waals surface area contributed by atoms with E-state index >= 15 is 13.2 Å². The van der Waals surface area contributed by atoms with Gasteiger partial charge in [0.2, 0.25) is 5.67 Å². The molecule has 4 rings (SSSR count). The van der Waals surface area contributed by atoms with Gasteiger partial charge in [-0.2, -0.15) is 22.0 Å². The summed E-state index contributed by atoms with van der Waals surface area (Å²) in [6, 6.07) is 4.51. The zero-order valence-corrected chi connectivity index (χ0v) is 19.1. The Balaban J connectivity index is 1.98. The Morgan fingerprint density at radius 1 is 0.568 bits per heavy atom. The Kier molecular flexibility index (Phi) is 5.89. The van der Waals surface area contributed by atoms with E-state index in [2.05, 4.69) is 0 Å². The van der Waals surface area contributed by atoms with Gasteiger partial charge in [0.05, 0.1) is 11.4 Å². The number of rotatable bonds is 5. The van der Waals surface area contributed by atoms with Crippen LogP contribution in [0.2, 0.25) is 0 Å². The molecule has 2 heterocycles. The Labute approximate surface area is 205 Å². The van der Waals surface area contributed by atoms with Crippen LogP contribution >= 0.6 is 0 Å². The van der Waals surface area contributed by atoms with Crippen LogP contribution in [0.4, 0.5) is 37.7 Å². The first kappa shape index (κ1) is 25.9. The summed E-state index contributed by atoms with van der Waals surface area (Å²) in [6.07, 6.45) is -2.92. The van der Waals surface area contributed by atoms with Crippen LogP contribution in [0.5, 0.6) is 0 Å². The number of carbonyl (C=O) groups excluding carboxylic acids is 4. The summed E-state index contributed by atoms with van der Waals surface area (Å²) in [5.74, 6) is -9.61. The maximum atomic E-state index is 16.6. The van der Waals surface area contributed by atoms with E-state index in [4.69, 9.17) is 0 Å². The van der Waals surface area contributed by atoms with Gasteiger partial charge in [0.1, 0.15) is 0 Å². The second-order valence-electron chi connectivity index (χ2n) is 8.42. The summed E-state index contributed by atoms with van der Waals surface area (Å²) in [5.41, 5.74) is -7.57. The van der Waals surface area contributed by atoms with Crippen LogP contribution in [0.25, 0.3) is 0 Å². The molecule has 37 heavy (non-hydrogen) atoms. The molecule has 0 fully saturated rings. The number of anilines is 2. The van der Waals surface area contributed by atoms with E-state index in [0.29, 0.717) is 34.1 Å². The first-order valence-corrected chi connectivity index (χ1v) is 10.6. The topological polar surface area (TPSA) is 74.8 Å². The van der Waals surface area contributed by atoms with Crippen LogP contribution in [-0.4, -0.2) is 35.7 Å². The molecule has 0 spiro atoms. The maximum absolute atomic E-state index is 16.6. The molecule has 6 nitrogen and oxygen atoms in total. The first-order chi connectivity index (χ1) is 17.1. The molecule has 0 saturated heterocycles. The molecule has 4 amide bonds. The van der Waals surface area contributed by atoms with Gasteiger partial charge < -0.3 is 0 Å². The van der Waals surface area contributed by atoms with Crippen molar-refractivity contribution in [3.8, 4) is 0 Å². The minimum absolute atomic E-state index is 0.121. The summed E-state index contributed by atoms with van der Waals surface area (Å²) >= 11 is 0. The van der Waals surface area contributed by atoms with Gasteiger partial charge in [0, 0.05) is 35.4 Å². The van der Waals surface area contributed by atoms with Gasteiger partial charge >= 0.3 is 12.1 Å². The Morgan fingerprint density at radius 2 is 0.892 bits per heavy atom. The quantitative estimate of drug-likeness (QED) is 0.426. The van der Waals surface area contributed by atoms with Crippen LogP contribution in [0.3, 0.4) is 0 Å². The van der Waals surface area contributed by atoms with Crippen LogP contribution in [0.1, 0.15) is 22.3 Å². The van der Waals surface area contributed by atoms with Gasteiger partial charge in [-0.25, -0.2) is 14.2 Å². The van der Waals surface area contributed by atoms with Crippen molar-refractivity contribution in [1.29, 1.82) is 0 Å². The fourth-order valence-electron chi connectivity index (χ4n) is 4.13. The number of benzene rings is 2. The van der Waals surface area contributed by atoms with Gasteiger partial charge in [0.25, 0.3) is 23.6 Å². The van der Waals surface area contributed by atoms with Crippen molar-refractivity contribution in [3.05, 3.63) is 83.0 Å². The minimum atomic E-state index is -6.39. The summed E-state index contributed by atoms with van der Waals surface area (Å²) in [5, 5.41) is 0. The van der Waals surface area contributed by atoms with E-state index in [1.807, 2.05) is 0 Å². The monoisotopic (exact) mass is 522 g/mol. The molecule has 0 aliphatic carbocycles. The molecule has 0 saturated carbocycles. The minimum Gasteiger partial charge on any atom is -0.269 e. The molecule has 0 unspecified atom stereocenters. The Morgan fingerprint density at radius 3 is 1.19 bits per heavy atom. The van der Waals surface area contributed by atoms with E-state index in [9.17, 15) is 32.3 Å². The van der Waals surface area contributed by atoms with Crippen LogP contribution in [0, 0.1) is 13.8 Å². The SMILES string of the molecule is Cc1ccc(C(F)(c2ccc(C)c(N3C(=O)C=CC3=O)c2)C(F)(F)C(F)(F)F)cc1N1C(=O)C=CC1=O. The van der Waals surface area contributed by atoms with Crippen molar-refractivity contribution >= 4 is 35.0 Å². The number of aryl methyl sites for hydroxylation is 2. The smallest absolute Gasteiger partial charge is 0.269 e. The van der Waals surface area contributed by atoms with Crippen LogP contribution in [-0.2, 0) is 24.8 Å². The average molecular weight is 522 g/mol. The first-order valence-electron chi connectivity index (χ1n) is 10.6. The third-order valence-corrected chi connectivity index (χ3v) is 6.10. The highest BCUT2D eigenvalue weighted by Gasteiger charge is 2.72. The lowest BCUT2D eigenvalue weighted by molar-refractivity contribution is -0.323. The number of imide groups is 2. The summed E-state index contributed by atoms with van der Waals surface area (Å²) in [4.78, 5) is 49.6. The third-order valence-electron chi connectivity index (χ3n) is 6.10. The molecule has 2 aliphatic heterocycles. The third kappa shape index (κ3) is 3.83. The molecule has 0 N–H and O–H groups in total. The van der Waals surface area contributed by atoms with E-state index in [0.717, 1.165) is 36.4 Å². The lowest BCUT2D eigenvalue weighted by Crippen LogP contribution is -2.53. The molecule has 12 heteroatoms. The lowest BCUT2D eigenvalue weighted by atomic mass is 9.80. The molecule has 0 bridgehead atoms. The van der Waals surface area contributed by atoms with Gasteiger partial charge in [-0.05, 0) is 37.1 Å². The standard InChI is InChI=1S/C25H16F6N2O4/c1-13-3-5-15(11-17(13)32-19(34)7-8-20(32)35)23(26,24(27,28)25(29,30)31)16-6-4-14(2)18(12-16)33-21(36)9-10-22(33)37/h3-12H,1-2H3. The van der Waals surface area contributed by atoms with Crippen LogP contribution in [0.15, 0.2) is 60.7 Å². The van der Waals surface area contributed by atoms with Crippen molar-refractivity contribution < 1.29 is 45.5 Å². The van der Waals surface area contributed by atoms with Crippen molar-refractivity contribution in [2.24, 2.45) is 0 Å². The Hall–Kier alpha value is -4.22. The number of hydrogen-bond donors (Lipinski definition) is 0. The fraction of sp³-hybridized carbons (Fsp3) is 0.200. The van der Waals surface area contributed by atoms with E-state index in [-0.39, 0.29) is 22.5 Å². The predicted molar refractivity (Wildman–Crippen MR) is 119 cm³/mol. The zero-order chi connectivity index (χ0) is 27.5. The van der Waals surface area contributed by atoms with Crippen molar-refractivity contribution in [3.63, 3.8) is 0 Å². The molecular formula is C25H16F6N2O4. The number of halogens is 6. The summed E-state index contributed by atoms with van der Waals surface area (Å²) in [6.45, 7) is 2.70. The molecule has 0 atom stereocenters. The highest BCUT2D eigenvalue weighted by Crippen LogP contribution is 2.55. The fourth-order valence-corrected chi connectivity index (χ4v) is 4.13. The molecule has 0 radical (unpaired) electrons. The van der Waals surface area contributed by atoms with Crippen molar-refractivity contribution in [2.45, 2.75) is 31.6 Å². The second kappa shape index (κ2) is 8.43. The average Bonchev–Trinajstić information content (AvgIpc) is 3.33. The number of amides is 4. The van der Waals surface area contributed by atoms with E-state index in [1.165, 1.54) is 13.8 Å². The predicted octanol–water partition coefficient (Wildman–Crippen LogP) is 4.57. The maximum Gasteiger partial charge on any atom is 0.457 e. The zero-order valence-electron chi connectivity index (χ0n) is 19.1. The molecule has 2 aliphatic rings. The highest BCUT2D eigenvalue weighted by atomic mass is 19.4. The number of hydrogen-bond acceptors (Lipinski definition) is 4. The summed E-state index contributed by atoms with van der Waals surface area (Å²) in [7, 11) is 0. The van der Waals surface area contributed by atoms with Gasteiger partial charge in [-0.15, -0.1) is 0 Å². The molecular weight excluding hydrogens is 506 g/mol. The molecule has 2 aromatic carbocycles. The van der Waals surface area contributed by atoms with E-state index < -0.39 is 52.5 Å². The second-order valence-corrected chi connectivity index (χ2v) is 8.42. The molecule has 0 aromatic heterocycles. The normalized spacial score (nSPS) is 16.5. The van der Waals surface area contributed by atoms with Crippen molar-refractivity contribution in [2.75, 3.05) is 9.80 Å². The van der Waals surface area contributed by atoms with Gasteiger partial charge in [-0.3, -0.25) is 19.2 Å². The van der Waals surface area contributed by atoms with Gasteiger partial charge in [0.15, 0.2) is 0 Å². The summed E-state index contributed by atoms with van der Waals surface area (Å²) < 4.78 is 87.7. The van der Waals surface area contributed by atoms with Crippen molar-refractivity contribution in [1.82, 2.24) is 0 Å². The van der Waals surface area contributed by atoms with Gasteiger partial charge in [-0.1, -0.05) is 24.3 Å². The lowest BCUT2D eigenvalue weighted by Gasteiger charge is -2.36. The molecule has 2 aromatic rings. The molecule has 192 valence electrons. The Bertz CT molecular complexity index is 1300. The number of carbonyl (C=O) groups is 4. The highest BCUT2D eigenvalue weighted by molar-refractivity contribution is 6.29. The van der Waals surface area contributed by atoms with E-state index in [1.54, 1.807) is 0 Å². The number of nitrogens with zero attached hydrogens (tertiary/aromatic N) is 2.